The van der Waals surface area contributed by atoms with E-state index in [1.165, 1.54) is 116 Å². The summed E-state index contributed by atoms with van der Waals surface area (Å²) >= 11 is 0. The Bertz CT molecular complexity index is 1430. The van der Waals surface area contributed by atoms with Crippen molar-refractivity contribution in [1.82, 2.24) is 0 Å². The monoisotopic (exact) mass is 1000 g/mol. The Morgan fingerprint density at radius 3 is 0.861 bits per heavy atom. The SMILES string of the molecule is CC/C=C\C/C=C\C/C=C\C/C=C\CCCCCCCCCCCCCCCCC(=O)OCC(COC(=O)CCCCCCC/C=C\CCCCC)OC(=O)CCCCCCC/C=C\C/C=C\C/C=C\CC. The van der Waals surface area contributed by atoms with E-state index in [9.17, 15) is 14.4 Å². The van der Waals surface area contributed by atoms with Crippen molar-refractivity contribution >= 4 is 17.9 Å². The lowest BCUT2D eigenvalue weighted by molar-refractivity contribution is -0.167. The molecule has 6 nitrogen and oxygen atoms in total. The molecule has 72 heavy (non-hydrogen) atoms. The molecule has 1 atom stereocenters. The molecular formula is C66H112O6. The van der Waals surface area contributed by atoms with E-state index in [0.717, 1.165) is 128 Å². The molecule has 1 unspecified atom stereocenters. The first-order valence-electron chi connectivity index (χ1n) is 30.2. The molecule has 412 valence electrons. The summed E-state index contributed by atoms with van der Waals surface area (Å²) in [7, 11) is 0. The number of hydrogen-bond acceptors (Lipinski definition) is 6. The van der Waals surface area contributed by atoms with Gasteiger partial charge >= 0.3 is 17.9 Å². The molecule has 0 aliphatic rings. The van der Waals surface area contributed by atoms with Crippen LogP contribution in [0.25, 0.3) is 0 Å². The van der Waals surface area contributed by atoms with Crippen molar-refractivity contribution in [3.8, 4) is 0 Å². The van der Waals surface area contributed by atoms with E-state index < -0.39 is 6.10 Å². The summed E-state index contributed by atoms with van der Waals surface area (Å²) in [5.41, 5.74) is 0. The molecule has 0 amide bonds. The van der Waals surface area contributed by atoms with Crippen LogP contribution in [0.1, 0.15) is 284 Å². The third-order valence-electron chi connectivity index (χ3n) is 12.8. The zero-order valence-electron chi connectivity index (χ0n) is 47.2. The number of hydrogen-bond donors (Lipinski definition) is 0. The van der Waals surface area contributed by atoms with Gasteiger partial charge in [0, 0.05) is 19.3 Å². The number of esters is 3. The predicted octanol–water partition coefficient (Wildman–Crippen LogP) is 20.5. The van der Waals surface area contributed by atoms with Crippen LogP contribution >= 0.6 is 0 Å². The van der Waals surface area contributed by atoms with Crippen molar-refractivity contribution in [2.75, 3.05) is 13.2 Å². The molecule has 0 spiro atoms. The summed E-state index contributed by atoms with van der Waals surface area (Å²) in [5, 5.41) is 0. The van der Waals surface area contributed by atoms with E-state index in [1.54, 1.807) is 0 Å². The average Bonchev–Trinajstić information content (AvgIpc) is 3.38. The quantitative estimate of drug-likeness (QED) is 0.0261. The van der Waals surface area contributed by atoms with E-state index in [0.29, 0.717) is 19.3 Å². The molecule has 0 aromatic rings. The Hall–Kier alpha value is -3.67. The summed E-state index contributed by atoms with van der Waals surface area (Å²) in [6.45, 7) is 6.38. The van der Waals surface area contributed by atoms with E-state index in [1.807, 2.05) is 0 Å². The van der Waals surface area contributed by atoms with E-state index in [2.05, 4.69) is 118 Å². The van der Waals surface area contributed by atoms with Gasteiger partial charge in [-0.15, -0.1) is 0 Å². The van der Waals surface area contributed by atoms with Crippen molar-refractivity contribution in [3.63, 3.8) is 0 Å². The Kier molecular flexibility index (Phi) is 56.8. The lowest BCUT2D eigenvalue weighted by Crippen LogP contribution is -2.30. The molecule has 0 aromatic carbocycles. The van der Waals surface area contributed by atoms with Gasteiger partial charge in [-0.3, -0.25) is 14.4 Å². The molecule has 0 saturated carbocycles. The highest BCUT2D eigenvalue weighted by Gasteiger charge is 2.19. The van der Waals surface area contributed by atoms with Gasteiger partial charge in [-0.25, -0.2) is 0 Å². The minimum atomic E-state index is -0.790. The van der Waals surface area contributed by atoms with Gasteiger partial charge in [-0.05, 0) is 116 Å². The first-order valence-corrected chi connectivity index (χ1v) is 30.2. The van der Waals surface area contributed by atoms with E-state index >= 15 is 0 Å². The van der Waals surface area contributed by atoms with Crippen LogP contribution in [0.4, 0.5) is 0 Å². The molecule has 0 saturated heterocycles. The molecule has 0 bridgehead atoms. The van der Waals surface area contributed by atoms with Crippen LogP contribution in [0.5, 0.6) is 0 Å². The average molecular weight is 1000 g/mol. The number of ether oxygens (including phenoxy) is 3. The van der Waals surface area contributed by atoms with E-state index in [4.69, 9.17) is 14.2 Å². The van der Waals surface area contributed by atoms with E-state index in [-0.39, 0.29) is 31.1 Å². The maximum atomic E-state index is 12.8. The third-order valence-corrected chi connectivity index (χ3v) is 12.8. The molecule has 0 N–H and O–H groups in total. The fraction of sp³-hybridized carbons (Fsp3) is 0.712. The Balaban J connectivity index is 4.25. The van der Waals surface area contributed by atoms with Crippen LogP contribution < -0.4 is 0 Å². The summed E-state index contributed by atoms with van der Waals surface area (Å²) in [6.07, 6.45) is 79.8. The fourth-order valence-electron chi connectivity index (χ4n) is 8.33. The van der Waals surface area contributed by atoms with Gasteiger partial charge in [-0.1, -0.05) is 246 Å². The number of carbonyl (C=O) groups excluding carboxylic acids is 3. The second-order valence-corrected chi connectivity index (χ2v) is 19.8. The standard InChI is InChI=1S/C66H112O6/c1-4-7-10-13-16-19-22-25-27-28-29-30-31-32-33-34-35-36-37-38-40-41-44-47-50-53-56-59-65(68)71-62-63(61-70-64(67)58-55-52-49-46-43-24-21-18-15-12-9-6-3)72-66(69)60-57-54-51-48-45-42-39-26-23-20-17-14-11-8-5-2/h7-8,10-11,16-21,25-27,29-30,39,63H,4-6,9,12-15,22-24,28,31-38,40-62H2,1-3H3/b10-7-,11-8-,19-16-,20-17-,21-18-,27-25-,30-29-,39-26-. The Morgan fingerprint density at radius 2 is 0.542 bits per heavy atom. The molecule has 0 aliphatic carbocycles. The maximum absolute atomic E-state index is 12.8. The normalized spacial score (nSPS) is 12.8. The number of rotatable bonds is 54. The molecule has 0 heterocycles. The van der Waals surface area contributed by atoms with Gasteiger partial charge in [0.1, 0.15) is 13.2 Å². The van der Waals surface area contributed by atoms with Crippen molar-refractivity contribution in [1.29, 1.82) is 0 Å². The highest BCUT2D eigenvalue weighted by Crippen LogP contribution is 2.16. The van der Waals surface area contributed by atoms with Gasteiger partial charge in [0.05, 0.1) is 0 Å². The van der Waals surface area contributed by atoms with Crippen LogP contribution in [0.15, 0.2) is 97.2 Å². The second-order valence-electron chi connectivity index (χ2n) is 19.8. The van der Waals surface area contributed by atoms with Crippen LogP contribution in [0, 0.1) is 0 Å². The van der Waals surface area contributed by atoms with Crippen LogP contribution in [-0.4, -0.2) is 37.2 Å². The smallest absolute Gasteiger partial charge is 0.306 e. The third kappa shape index (κ3) is 57.2. The number of allylic oxidation sites excluding steroid dienone is 16. The molecule has 0 rings (SSSR count). The maximum Gasteiger partial charge on any atom is 0.306 e. The molecule has 0 radical (unpaired) electrons. The highest BCUT2D eigenvalue weighted by molar-refractivity contribution is 5.71. The first kappa shape index (κ1) is 68.3. The van der Waals surface area contributed by atoms with Gasteiger partial charge in [-0.2, -0.15) is 0 Å². The van der Waals surface area contributed by atoms with Crippen LogP contribution in [0.3, 0.4) is 0 Å². The zero-order valence-corrected chi connectivity index (χ0v) is 47.2. The minimum absolute atomic E-state index is 0.0865. The summed E-state index contributed by atoms with van der Waals surface area (Å²) in [5.74, 6) is -0.908. The first-order chi connectivity index (χ1) is 35.5. The largest absolute Gasteiger partial charge is 0.462 e. The number of unbranched alkanes of at least 4 members (excludes halogenated alkanes) is 27. The van der Waals surface area contributed by atoms with Gasteiger partial charge in [0.2, 0.25) is 0 Å². The summed E-state index contributed by atoms with van der Waals surface area (Å²) < 4.78 is 16.9. The fourth-order valence-corrected chi connectivity index (χ4v) is 8.33. The number of carbonyl (C=O) groups is 3. The highest BCUT2D eigenvalue weighted by atomic mass is 16.6. The molecule has 0 aromatic heterocycles. The van der Waals surface area contributed by atoms with Crippen LogP contribution in [-0.2, 0) is 28.6 Å². The topological polar surface area (TPSA) is 78.9 Å². The molecule has 0 aliphatic heterocycles. The summed E-state index contributed by atoms with van der Waals surface area (Å²) in [6, 6.07) is 0. The minimum Gasteiger partial charge on any atom is -0.462 e. The van der Waals surface area contributed by atoms with Crippen LogP contribution in [0.2, 0.25) is 0 Å². The van der Waals surface area contributed by atoms with Gasteiger partial charge in [0.25, 0.3) is 0 Å². The molecular weight excluding hydrogens is 889 g/mol. The Morgan fingerprint density at radius 1 is 0.292 bits per heavy atom. The lowest BCUT2D eigenvalue weighted by Gasteiger charge is -2.18. The van der Waals surface area contributed by atoms with Crippen molar-refractivity contribution in [2.24, 2.45) is 0 Å². The van der Waals surface area contributed by atoms with Gasteiger partial charge in [0.15, 0.2) is 6.10 Å². The van der Waals surface area contributed by atoms with Crippen molar-refractivity contribution < 1.29 is 28.6 Å². The molecule has 6 heteroatoms. The zero-order chi connectivity index (χ0) is 52.2. The van der Waals surface area contributed by atoms with Crippen molar-refractivity contribution in [2.45, 2.75) is 290 Å². The lowest BCUT2D eigenvalue weighted by atomic mass is 10.0. The molecule has 0 fully saturated rings. The summed E-state index contributed by atoms with van der Waals surface area (Å²) in [4.78, 5) is 38.2. The second kappa shape index (κ2) is 59.9. The van der Waals surface area contributed by atoms with Crippen molar-refractivity contribution in [3.05, 3.63) is 97.2 Å². The Labute approximate surface area is 445 Å². The predicted molar refractivity (Wildman–Crippen MR) is 311 cm³/mol. The van der Waals surface area contributed by atoms with Gasteiger partial charge < -0.3 is 14.2 Å².